The summed E-state index contributed by atoms with van der Waals surface area (Å²) >= 11 is 0. The van der Waals surface area contributed by atoms with Crippen molar-refractivity contribution in [2.24, 2.45) is 0 Å². The molecule has 0 spiro atoms. The van der Waals surface area contributed by atoms with Gasteiger partial charge >= 0.3 is 0 Å². The lowest BCUT2D eigenvalue weighted by atomic mass is 10.2. The van der Waals surface area contributed by atoms with E-state index in [-0.39, 0.29) is 5.91 Å². The summed E-state index contributed by atoms with van der Waals surface area (Å²) in [6.07, 6.45) is 7.94. The molecule has 2 aromatic rings. The van der Waals surface area contributed by atoms with Crippen LogP contribution in [0.4, 0.5) is 11.4 Å². The van der Waals surface area contributed by atoms with Gasteiger partial charge in [0.15, 0.2) is 0 Å². The highest BCUT2D eigenvalue weighted by Gasteiger charge is 2.19. The Bertz CT molecular complexity index is 904. The maximum atomic E-state index is 12.4. The number of pyridine rings is 1. The number of rotatable bonds is 5. The maximum absolute atomic E-state index is 12.4. The molecule has 2 heterocycles. The second kappa shape index (κ2) is 8.22. The average molecular weight is 386 g/mol. The molecule has 27 heavy (non-hydrogen) atoms. The van der Waals surface area contributed by atoms with Crippen LogP contribution >= 0.6 is 0 Å². The average Bonchev–Trinajstić information content (AvgIpc) is 2.67. The number of aromatic nitrogens is 1. The lowest BCUT2D eigenvalue weighted by molar-refractivity contribution is -0.126. The van der Waals surface area contributed by atoms with Crippen LogP contribution in [-0.4, -0.2) is 56.6 Å². The van der Waals surface area contributed by atoms with E-state index in [2.05, 4.69) is 14.6 Å². The number of nitrogens with zero attached hydrogens (tertiary/aromatic N) is 3. The summed E-state index contributed by atoms with van der Waals surface area (Å²) in [4.78, 5) is 20.5. The Balaban J connectivity index is 1.53. The third-order valence-corrected chi connectivity index (χ3v) is 4.86. The minimum Gasteiger partial charge on any atom is -0.368 e. The Morgan fingerprint density at radius 2 is 1.67 bits per heavy atom. The topological polar surface area (TPSA) is 82.6 Å². The van der Waals surface area contributed by atoms with E-state index in [0.29, 0.717) is 18.8 Å². The van der Waals surface area contributed by atoms with E-state index in [0.717, 1.165) is 30.6 Å². The van der Waals surface area contributed by atoms with E-state index >= 15 is 0 Å². The third kappa shape index (κ3) is 5.55. The second-order valence-corrected chi connectivity index (χ2v) is 8.10. The molecule has 0 unspecified atom stereocenters. The fraction of sp³-hybridized carbons (Fsp3) is 0.263. The standard InChI is InChI=1S/C19H22N4O3S/c1-27(25,26)21-17-5-2-16(3-6-17)4-7-19(24)23-14-12-22(13-15-23)18-8-10-20-11-9-18/h2-11,21H,12-15H2,1H3/b7-4+. The molecular formula is C19H22N4O3S. The van der Waals surface area contributed by atoms with Crippen LogP contribution in [0.2, 0.25) is 0 Å². The molecule has 3 rings (SSSR count). The summed E-state index contributed by atoms with van der Waals surface area (Å²) in [6, 6.07) is 10.8. The molecule has 1 fully saturated rings. The number of carbonyl (C=O) groups excluding carboxylic acids is 1. The van der Waals surface area contributed by atoms with Crippen LogP contribution in [0.1, 0.15) is 5.56 Å². The lowest BCUT2D eigenvalue weighted by Crippen LogP contribution is -2.48. The van der Waals surface area contributed by atoms with Crippen LogP contribution in [0.25, 0.3) is 6.08 Å². The SMILES string of the molecule is CS(=O)(=O)Nc1ccc(/C=C/C(=O)N2CCN(c3ccncc3)CC2)cc1. The summed E-state index contributed by atoms with van der Waals surface area (Å²) in [5.74, 6) is -0.0253. The Morgan fingerprint density at radius 3 is 2.26 bits per heavy atom. The summed E-state index contributed by atoms with van der Waals surface area (Å²) in [5, 5.41) is 0. The molecule has 0 bridgehead atoms. The normalized spacial score (nSPS) is 15.1. The molecule has 0 aliphatic carbocycles. The Labute approximate surface area is 159 Å². The Hall–Kier alpha value is -2.87. The first-order chi connectivity index (χ1) is 12.9. The zero-order valence-electron chi connectivity index (χ0n) is 15.1. The molecule has 0 atom stereocenters. The number of piperazine rings is 1. The number of anilines is 2. The molecule has 0 radical (unpaired) electrons. The number of hydrogen-bond donors (Lipinski definition) is 1. The van der Waals surface area contributed by atoms with E-state index in [1.807, 2.05) is 17.0 Å². The van der Waals surface area contributed by atoms with Gasteiger partial charge in [-0.1, -0.05) is 12.1 Å². The van der Waals surface area contributed by atoms with Crippen molar-refractivity contribution >= 4 is 33.4 Å². The van der Waals surface area contributed by atoms with Gasteiger partial charge in [-0.05, 0) is 35.9 Å². The Kier molecular flexibility index (Phi) is 5.75. The highest BCUT2D eigenvalue weighted by Crippen LogP contribution is 2.15. The molecule has 1 aromatic heterocycles. The number of amides is 1. The van der Waals surface area contributed by atoms with Crippen LogP contribution < -0.4 is 9.62 Å². The molecule has 8 heteroatoms. The molecule has 1 N–H and O–H groups in total. The van der Waals surface area contributed by atoms with Gasteiger partial charge in [0.25, 0.3) is 0 Å². The highest BCUT2D eigenvalue weighted by atomic mass is 32.2. The quantitative estimate of drug-likeness (QED) is 0.793. The first-order valence-electron chi connectivity index (χ1n) is 8.60. The molecule has 1 aliphatic rings. The van der Waals surface area contributed by atoms with E-state index in [9.17, 15) is 13.2 Å². The van der Waals surface area contributed by atoms with Crippen molar-refractivity contribution in [2.75, 3.05) is 42.1 Å². The van der Waals surface area contributed by atoms with Crippen LogP contribution in [0.15, 0.2) is 54.9 Å². The molecule has 142 valence electrons. The molecule has 1 aromatic carbocycles. The first kappa shape index (κ1) is 18.9. The van der Waals surface area contributed by atoms with Crippen molar-refractivity contribution in [1.82, 2.24) is 9.88 Å². The van der Waals surface area contributed by atoms with Gasteiger partial charge in [-0.2, -0.15) is 0 Å². The summed E-state index contributed by atoms with van der Waals surface area (Å²) in [7, 11) is -3.29. The second-order valence-electron chi connectivity index (χ2n) is 6.35. The van der Waals surface area contributed by atoms with Crippen LogP contribution in [0, 0.1) is 0 Å². The zero-order valence-corrected chi connectivity index (χ0v) is 15.9. The Morgan fingerprint density at radius 1 is 1.04 bits per heavy atom. The van der Waals surface area contributed by atoms with E-state index in [1.54, 1.807) is 48.8 Å². The minimum atomic E-state index is -3.29. The predicted molar refractivity (Wildman–Crippen MR) is 107 cm³/mol. The smallest absolute Gasteiger partial charge is 0.246 e. The van der Waals surface area contributed by atoms with Crippen molar-refractivity contribution in [3.05, 3.63) is 60.4 Å². The van der Waals surface area contributed by atoms with Crippen molar-refractivity contribution in [2.45, 2.75) is 0 Å². The van der Waals surface area contributed by atoms with Gasteiger partial charge in [0.1, 0.15) is 0 Å². The van der Waals surface area contributed by atoms with Crippen LogP contribution in [-0.2, 0) is 14.8 Å². The fourth-order valence-electron chi connectivity index (χ4n) is 2.89. The largest absolute Gasteiger partial charge is 0.368 e. The molecule has 1 saturated heterocycles. The molecule has 0 saturated carbocycles. The summed E-state index contributed by atoms with van der Waals surface area (Å²) in [6.45, 7) is 2.91. The van der Waals surface area contributed by atoms with E-state index in [4.69, 9.17) is 0 Å². The highest BCUT2D eigenvalue weighted by molar-refractivity contribution is 7.92. The van der Waals surface area contributed by atoms with Gasteiger partial charge in [0.05, 0.1) is 6.26 Å². The van der Waals surface area contributed by atoms with Gasteiger partial charge in [0.2, 0.25) is 15.9 Å². The van der Waals surface area contributed by atoms with Crippen LogP contribution in [0.3, 0.4) is 0 Å². The van der Waals surface area contributed by atoms with Gasteiger partial charge in [-0.25, -0.2) is 8.42 Å². The van der Waals surface area contributed by atoms with Gasteiger partial charge in [-0.15, -0.1) is 0 Å². The minimum absolute atomic E-state index is 0.0253. The van der Waals surface area contributed by atoms with Gasteiger partial charge < -0.3 is 9.80 Å². The number of carbonyl (C=O) groups is 1. The van der Waals surface area contributed by atoms with Gasteiger partial charge in [0, 0.05) is 56.0 Å². The zero-order chi connectivity index (χ0) is 19.3. The van der Waals surface area contributed by atoms with E-state index < -0.39 is 10.0 Å². The third-order valence-electron chi connectivity index (χ3n) is 4.25. The molecule has 1 aliphatic heterocycles. The summed E-state index contributed by atoms with van der Waals surface area (Å²) in [5.41, 5.74) is 2.45. The lowest BCUT2D eigenvalue weighted by Gasteiger charge is -2.35. The monoisotopic (exact) mass is 386 g/mol. The number of nitrogens with one attached hydrogen (secondary N) is 1. The van der Waals surface area contributed by atoms with Crippen molar-refractivity contribution in [1.29, 1.82) is 0 Å². The van der Waals surface area contributed by atoms with Crippen molar-refractivity contribution in [3.63, 3.8) is 0 Å². The number of benzene rings is 1. The number of sulfonamides is 1. The molecule has 7 nitrogen and oxygen atoms in total. The predicted octanol–water partition coefficient (Wildman–Crippen LogP) is 1.82. The first-order valence-corrected chi connectivity index (χ1v) is 10.5. The van der Waals surface area contributed by atoms with Gasteiger partial charge in [-0.3, -0.25) is 14.5 Å². The maximum Gasteiger partial charge on any atom is 0.246 e. The summed E-state index contributed by atoms with van der Waals surface area (Å²) < 4.78 is 24.8. The number of hydrogen-bond acceptors (Lipinski definition) is 5. The molecule has 1 amide bonds. The van der Waals surface area contributed by atoms with Crippen LogP contribution in [0.5, 0.6) is 0 Å². The molecular weight excluding hydrogens is 364 g/mol. The fourth-order valence-corrected chi connectivity index (χ4v) is 3.45. The van der Waals surface area contributed by atoms with Crippen molar-refractivity contribution < 1.29 is 13.2 Å². The van der Waals surface area contributed by atoms with Crippen molar-refractivity contribution in [3.8, 4) is 0 Å². The van der Waals surface area contributed by atoms with E-state index in [1.165, 1.54) is 0 Å².